The molecule has 0 heterocycles. The Bertz CT molecular complexity index is 1230. The molecule has 2 aromatic carbocycles. The number of nitrogens with one attached hydrogen (secondary N) is 4. The number of aliphatic hydroxyl groups excluding tert-OH is 1. The highest BCUT2D eigenvalue weighted by Gasteiger charge is 2.30. The van der Waals surface area contributed by atoms with Gasteiger partial charge in [0, 0.05) is 28.9 Å². The summed E-state index contributed by atoms with van der Waals surface area (Å²) in [5, 5.41) is 29.7. The first-order valence-corrected chi connectivity index (χ1v) is 15.7. The maximum Gasteiger partial charge on any atom is 0.245 e. The van der Waals surface area contributed by atoms with Crippen molar-refractivity contribution in [1.29, 1.82) is 0 Å². The molecule has 6 N–H and O–H groups in total. The number of amides is 4. The van der Waals surface area contributed by atoms with E-state index in [9.17, 15) is 33.6 Å². The van der Waals surface area contributed by atoms with E-state index in [4.69, 9.17) is 0 Å². The molecule has 236 valence electrons. The van der Waals surface area contributed by atoms with Crippen LogP contribution in [0.3, 0.4) is 0 Å². The highest BCUT2D eigenvalue weighted by molar-refractivity contribution is 7.84. The lowest BCUT2D eigenvalue weighted by atomic mass is 10.0. The lowest BCUT2D eigenvalue weighted by Crippen LogP contribution is -2.55. The molecule has 0 fully saturated rings. The molecular formula is C30H43N5O7S. The fourth-order valence-corrected chi connectivity index (χ4v) is 5.00. The number of phenolic OH excluding ortho intramolecular Hbond substituents is 1. The average Bonchev–Trinajstić information content (AvgIpc) is 2.98. The second-order valence-corrected chi connectivity index (χ2v) is 11.9. The summed E-state index contributed by atoms with van der Waals surface area (Å²) in [6.45, 7) is 0.726. The van der Waals surface area contributed by atoms with Gasteiger partial charge in [0.05, 0.1) is 25.2 Å². The molecule has 2 rings (SSSR count). The third-order valence-electron chi connectivity index (χ3n) is 7.07. The fourth-order valence-electron chi connectivity index (χ4n) is 4.40. The van der Waals surface area contributed by atoms with Crippen LogP contribution in [0.5, 0.6) is 5.75 Å². The number of carbonyl (C=O) groups excluding carboxylic acids is 4. The van der Waals surface area contributed by atoms with Gasteiger partial charge in [-0.05, 0) is 63.5 Å². The molecule has 4 amide bonds. The minimum absolute atomic E-state index is 0.115. The Morgan fingerprint density at radius 3 is 2.14 bits per heavy atom. The monoisotopic (exact) mass is 617 g/mol. The predicted molar refractivity (Wildman–Crippen MR) is 165 cm³/mol. The molecule has 0 saturated carbocycles. The van der Waals surface area contributed by atoms with E-state index in [2.05, 4.69) is 21.3 Å². The Labute approximate surface area is 255 Å². The lowest BCUT2D eigenvalue weighted by molar-refractivity contribution is -0.135. The number of benzene rings is 2. The van der Waals surface area contributed by atoms with E-state index >= 15 is 0 Å². The lowest BCUT2D eigenvalue weighted by Gasteiger charge is -2.33. The van der Waals surface area contributed by atoms with E-state index in [1.807, 2.05) is 30.3 Å². The maximum atomic E-state index is 13.3. The molecule has 0 aliphatic heterocycles. The first-order chi connectivity index (χ1) is 20.4. The molecule has 0 spiro atoms. The number of likely N-dealkylation sites (N-methyl/N-ethyl adjacent to an activating group) is 2. The van der Waals surface area contributed by atoms with E-state index in [-0.39, 0.29) is 18.8 Å². The SMILES string of the molecule is CN[C@@H](Cc1ccc(O)cc1)C(=O)N[C@H](C)C(=O)NCC(=O)NC(=O)[C@H](Cc1ccccc1)N(C)[C@H](CO)CCS(C)=O. The Balaban J connectivity index is 1.96. The Hall–Kier alpha value is -3.65. The van der Waals surface area contributed by atoms with Gasteiger partial charge in [-0.2, -0.15) is 0 Å². The van der Waals surface area contributed by atoms with Gasteiger partial charge in [0.25, 0.3) is 0 Å². The molecule has 1 unspecified atom stereocenters. The zero-order valence-electron chi connectivity index (χ0n) is 25.0. The topological polar surface area (TPSA) is 177 Å². The smallest absolute Gasteiger partial charge is 0.245 e. The second kappa shape index (κ2) is 18.1. The average molecular weight is 618 g/mol. The first kappa shape index (κ1) is 35.5. The van der Waals surface area contributed by atoms with Crippen LogP contribution >= 0.6 is 0 Å². The molecule has 12 nitrogen and oxygen atoms in total. The van der Waals surface area contributed by atoms with Crippen molar-refractivity contribution in [2.24, 2.45) is 0 Å². The van der Waals surface area contributed by atoms with Crippen LogP contribution in [0, 0.1) is 0 Å². The van der Waals surface area contributed by atoms with Crippen molar-refractivity contribution in [1.82, 2.24) is 26.2 Å². The van der Waals surface area contributed by atoms with Crippen LogP contribution in [-0.4, -0.2) is 106 Å². The van der Waals surface area contributed by atoms with Gasteiger partial charge in [-0.25, -0.2) is 0 Å². The summed E-state index contributed by atoms with van der Waals surface area (Å²) < 4.78 is 11.6. The summed E-state index contributed by atoms with van der Waals surface area (Å²) in [6, 6.07) is 12.8. The first-order valence-electron chi connectivity index (χ1n) is 14.0. The number of imide groups is 1. The highest BCUT2D eigenvalue weighted by Crippen LogP contribution is 2.14. The predicted octanol–water partition coefficient (Wildman–Crippen LogP) is -0.541. The Kier molecular flexibility index (Phi) is 15.0. The Morgan fingerprint density at radius 1 is 0.930 bits per heavy atom. The highest BCUT2D eigenvalue weighted by atomic mass is 32.2. The van der Waals surface area contributed by atoms with Gasteiger partial charge in [-0.3, -0.25) is 33.6 Å². The number of aliphatic hydroxyl groups is 1. The molecule has 43 heavy (non-hydrogen) atoms. The van der Waals surface area contributed by atoms with Crippen molar-refractivity contribution in [3.05, 3.63) is 65.7 Å². The fraction of sp³-hybridized carbons (Fsp3) is 0.467. The number of nitrogens with zero attached hydrogens (tertiary/aromatic N) is 1. The number of hydrogen-bond donors (Lipinski definition) is 6. The molecule has 0 aliphatic carbocycles. The van der Waals surface area contributed by atoms with Crippen LogP contribution in [0.4, 0.5) is 0 Å². The molecule has 0 bridgehead atoms. The summed E-state index contributed by atoms with van der Waals surface area (Å²) in [5.41, 5.74) is 1.66. The molecule has 0 radical (unpaired) electrons. The number of aromatic hydroxyl groups is 1. The van der Waals surface area contributed by atoms with E-state index in [1.54, 1.807) is 37.4 Å². The molecular weight excluding hydrogens is 574 g/mol. The molecule has 2 aromatic rings. The standard InChI is InChI=1S/C30H43N5O7S/c1-20(33-29(40)25(31-2)16-22-10-12-24(37)13-11-22)28(39)32-18-27(38)34-30(41)26(17-21-8-6-5-7-9-21)35(3)23(19-36)14-15-43(4)42/h5-13,20,23,25-26,31,36-37H,14-19H2,1-4H3,(H,32,39)(H,33,40)(H,34,38,41)/t20-,23+,25+,26+,43?/m1/s1. The second-order valence-electron chi connectivity index (χ2n) is 10.3. The largest absolute Gasteiger partial charge is 0.508 e. The van der Waals surface area contributed by atoms with Crippen LogP contribution in [-0.2, 0) is 42.8 Å². The van der Waals surface area contributed by atoms with Crippen LogP contribution in [0.1, 0.15) is 24.5 Å². The summed E-state index contributed by atoms with van der Waals surface area (Å²) in [7, 11) is 2.21. The zero-order valence-corrected chi connectivity index (χ0v) is 25.9. The van der Waals surface area contributed by atoms with E-state index < -0.39 is 65.1 Å². The third-order valence-corrected chi connectivity index (χ3v) is 7.88. The van der Waals surface area contributed by atoms with Gasteiger partial charge < -0.3 is 26.2 Å². The molecule has 13 heteroatoms. The number of carbonyl (C=O) groups is 4. The van der Waals surface area contributed by atoms with Crippen LogP contribution < -0.4 is 21.3 Å². The van der Waals surface area contributed by atoms with Crippen LogP contribution in [0.2, 0.25) is 0 Å². The minimum atomic E-state index is -1.07. The number of phenols is 1. The summed E-state index contributed by atoms with van der Waals surface area (Å²) in [4.78, 5) is 52.9. The molecule has 0 saturated heterocycles. The third kappa shape index (κ3) is 12.2. The summed E-state index contributed by atoms with van der Waals surface area (Å²) >= 11 is 0. The summed E-state index contributed by atoms with van der Waals surface area (Å²) in [6.07, 6.45) is 2.55. The van der Waals surface area contributed by atoms with Crippen molar-refractivity contribution in [3.63, 3.8) is 0 Å². The molecule has 0 aromatic heterocycles. The van der Waals surface area contributed by atoms with Gasteiger partial charge in [-0.15, -0.1) is 0 Å². The van der Waals surface area contributed by atoms with Crippen LogP contribution in [0.15, 0.2) is 54.6 Å². The number of hydrogen-bond acceptors (Lipinski definition) is 9. The van der Waals surface area contributed by atoms with Gasteiger partial charge in [-0.1, -0.05) is 42.5 Å². The van der Waals surface area contributed by atoms with Crippen LogP contribution in [0.25, 0.3) is 0 Å². The van der Waals surface area contributed by atoms with Crippen molar-refractivity contribution < 1.29 is 33.6 Å². The normalized spacial score (nSPS) is 14.7. The Morgan fingerprint density at radius 2 is 1.56 bits per heavy atom. The van der Waals surface area contributed by atoms with Gasteiger partial charge in [0.15, 0.2) is 0 Å². The number of rotatable bonds is 17. The minimum Gasteiger partial charge on any atom is -0.508 e. The van der Waals surface area contributed by atoms with Gasteiger partial charge in [0.1, 0.15) is 11.8 Å². The maximum absolute atomic E-state index is 13.3. The van der Waals surface area contributed by atoms with E-state index in [1.165, 1.54) is 19.1 Å². The zero-order chi connectivity index (χ0) is 31.9. The van der Waals surface area contributed by atoms with Crippen molar-refractivity contribution in [2.45, 2.75) is 50.4 Å². The molecule has 5 atom stereocenters. The quantitative estimate of drug-likeness (QED) is 0.136. The van der Waals surface area contributed by atoms with E-state index in [0.717, 1.165) is 11.1 Å². The van der Waals surface area contributed by atoms with Gasteiger partial charge in [0.2, 0.25) is 23.6 Å². The van der Waals surface area contributed by atoms with Gasteiger partial charge >= 0.3 is 0 Å². The van der Waals surface area contributed by atoms with Crippen molar-refractivity contribution >= 4 is 34.4 Å². The van der Waals surface area contributed by atoms with Crippen molar-refractivity contribution in [2.75, 3.05) is 39.3 Å². The van der Waals surface area contributed by atoms with Crippen molar-refractivity contribution in [3.8, 4) is 5.75 Å². The molecule has 0 aliphatic rings. The van der Waals surface area contributed by atoms with E-state index in [0.29, 0.717) is 18.6 Å². The summed E-state index contributed by atoms with van der Waals surface area (Å²) in [5.74, 6) is -1.91.